The van der Waals surface area contributed by atoms with Gasteiger partial charge in [0.2, 0.25) is 5.60 Å². The van der Waals surface area contributed by atoms with Crippen molar-refractivity contribution in [1.82, 2.24) is 14.9 Å². The van der Waals surface area contributed by atoms with E-state index in [0.29, 0.717) is 39.8 Å². The van der Waals surface area contributed by atoms with E-state index >= 15 is 0 Å². The number of rotatable bonds is 10. The Morgan fingerprint density at radius 3 is 2.57 bits per heavy atom. The summed E-state index contributed by atoms with van der Waals surface area (Å²) in [6, 6.07) is 9.34. The largest absolute Gasteiger partial charge is 0.458 e. The molecule has 0 saturated carbocycles. The minimum absolute atomic E-state index is 0.0245. The summed E-state index contributed by atoms with van der Waals surface area (Å²) in [6.45, 7) is 16.6. The molecule has 0 saturated heterocycles. The van der Waals surface area contributed by atoms with E-state index in [4.69, 9.17) is 23.9 Å². The molecule has 2 unspecified atom stereocenters. The van der Waals surface area contributed by atoms with Crippen molar-refractivity contribution in [2.45, 2.75) is 96.5 Å². The first-order valence-electron chi connectivity index (χ1n) is 16.4. The van der Waals surface area contributed by atoms with Crippen LogP contribution in [-0.2, 0) is 40.7 Å². The quantitative estimate of drug-likeness (QED) is 0.0537. The van der Waals surface area contributed by atoms with Crippen LogP contribution in [0.4, 0.5) is 4.79 Å². The molecule has 0 radical (unpaired) electrons. The minimum atomic E-state index is -2.49. The van der Waals surface area contributed by atoms with E-state index in [9.17, 15) is 24.0 Å². The molecule has 1 aromatic carbocycles. The third-order valence-corrected chi connectivity index (χ3v) is 11.8. The summed E-state index contributed by atoms with van der Waals surface area (Å²) < 4.78 is 24.3. The zero-order chi connectivity index (χ0) is 35.9. The number of allylic oxidation sites excluding steroid dienone is 1. The first-order chi connectivity index (χ1) is 23.0. The van der Waals surface area contributed by atoms with Crippen molar-refractivity contribution in [1.29, 1.82) is 0 Å². The first-order valence-corrected chi connectivity index (χ1v) is 19.7. The van der Waals surface area contributed by atoms with Crippen molar-refractivity contribution in [2.75, 3.05) is 6.54 Å². The van der Waals surface area contributed by atoms with Crippen LogP contribution in [0.3, 0.4) is 0 Å². The van der Waals surface area contributed by atoms with Crippen LogP contribution in [0.1, 0.15) is 76.3 Å². The van der Waals surface area contributed by atoms with Gasteiger partial charge in [-0.05, 0) is 70.0 Å². The lowest BCUT2D eigenvalue weighted by Crippen LogP contribution is -2.53. The molecule has 0 fully saturated rings. The van der Waals surface area contributed by atoms with Crippen LogP contribution in [0.2, 0.25) is 19.1 Å². The Kier molecular flexibility index (Phi) is 9.61. The monoisotopic (exact) mass is 689 g/mol. The number of aromatic nitrogens is 2. The predicted octanol–water partition coefficient (Wildman–Crippen LogP) is 5.84. The van der Waals surface area contributed by atoms with Gasteiger partial charge in [0, 0.05) is 36.4 Å². The number of esters is 3. The fourth-order valence-corrected chi connectivity index (χ4v) is 8.87. The van der Waals surface area contributed by atoms with E-state index in [0.717, 1.165) is 10.9 Å². The first kappa shape index (κ1) is 35.5. The number of ether oxygens (including phenoxy) is 4. The Bertz CT molecular complexity index is 1930. The summed E-state index contributed by atoms with van der Waals surface area (Å²) >= 11 is 0. The van der Waals surface area contributed by atoms with Gasteiger partial charge in [-0.25, -0.2) is 14.6 Å². The van der Waals surface area contributed by atoms with Crippen LogP contribution in [0.15, 0.2) is 47.8 Å². The van der Waals surface area contributed by atoms with Crippen LogP contribution in [0.25, 0.3) is 22.3 Å². The zero-order valence-corrected chi connectivity index (χ0v) is 30.1. The molecule has 3 aromatic rings. The van der Waals surface area contributed by atoms with Gasteiger partial charge in [-0.1, -0.05) is 26.1 Å². The number of alkyl carbamates (subject to hydrolysis) is 1. The molecule has 12 nitrogen and oxygen atoms in total. The smallest absolute Gasteiger partial charge is 0.407 e. The number of pyridine rings is 2. The van der Waals surface area contributed by atoms with Crippen LogP contribution in [0.5, 0.6) is 5.75 Å². The SMILES string of the molecule is C=CC[Si](C)(C)C1OC(=O)C(CC)(OC(=O)CCCNC(=O)OC(C)(C)C)c2cc3n(c(=O)c21)Cc1cc2cc(OC(C)=O)ccc2nc1-3. The topological polar surface area (TPSA) is 152 Å². The number of nitrogens with zero attached hydrogens (tertiary/aromatic N) is 2. The minimum Gasteiger partial charge on any atom is -0.458 e. The molecule has 260 valence electrons. The van der Waals surface area contributed by atoms with Gasteiger partial charge >= 0.3 is 24.0 Å². The average molecular weight is 690 g/mol. The number of carbonyl (C=O) groups excluding carboxylic acids is 4. The van der Waals surface area contributed by atoms with Crippen molar-refractivity contribution in [3.63, 3.8) is 0 Å². The molecule has 0 aliphatic carbocycles. The Hall–Kier alpha value is -4.78. The number of hydrogen-bond donors (Lipinski definition) is 1. The molecule has 2 aliphatic rings. The number of benzene rings is 1. The van der Waals surface area contributed by atoms with Crippen LogP contribution in [-0.4, -0.2) is 53.8 Å². The molecule has 1 N–H and O–H groups in total. The average Bonchev–Trinajstić information content (AvgIpc) is 3.36. The molecule has 13 heteroatoms. The second-order valence-corrected chi connectivity index (χ2v) is 19.1. The van der Waals surface area contributed by atoms with E-state index in [1.165, 1.54) is 6.92 Å². The van der Waals surface area contributed by atoms with Crippen molar-refractivity contribution >= 4 is 43.0 Å². The number of cyclic esters (lactones) is 1. The molecule has 0 spiro atoms. The Morgan fingerprint density at radius 1 is 1.18 bits per heavy atom. The highest BCUT2D eigenvalue weighted by Crippen LogP contribution is 2.47. The summed E-state index contributed by atoms with van der Waals surface area (Å²) in [4.78, 5) is 70.4. The molecule has 2 aromatic heterocycles. The van der Waals surface area contributed by atoms with Gasteiger partial charge in [0.1, 0.15) is 25.2 Å². The summed E-state index contributed by atoms with van der Waals surface area (Å²) in [5.74, 6) is -1.47. The highest BCUT2D eigenvalue weighted by molar-refractivity contribution is 6.79. The van der Waals surface area contributed by atoms with Crippen molar-refractivity contribution in [2.24, 2.45) is 0 Å². The van der Waals surface area contributed by atoms with Gasteiger partial charge in [0.15, 0.2) is 0 Å². The lowest BCUT2D eigenvalue weighted by Gasteiger charge is -2.43. The van der Waals surface area contributed by atoms with Gasteiger partial charge in [-0.3, -0.25) is 14.4 Å². The lowest BCUT2D eigenvalue weighted by atomic mass is 9.85. The van der Waals surface area contributed by atoms with Gasteiger partial charge in [-0.15, -0.1) is 6.58 Å². The molecule has 5 rings (SSSR count). The highest BCUT2D eigenvalue weighted by Gasteiger charge is 2.56. The zero-order valence-electron chi connectivity index (χ0n) is 29.1. The van der Waals surface area contributed by atoms with E-state index in [1.54, 1.807) is 62.6 Å². The number of carbonyl (C=O) groups is 4. The Balaban J connectivity index is 1.55. The normalized spacial score (nSPS) is 18.1. The number of nitrogens with one attached hydrogen (secondary N) is 1. The van der Waals surface area contributed by atoms with E-state index in [-0.39, 0.29) is 37.9 Å². The van der Waals surface area contributed by atoms with Gasteiger partial charge in [-0.2, -0.15) is 0 Å². The number of amides is 1. The number of fused-ring (bicyclic) bond motifs is 5. The molecular formula is C36H43N3O9Si. The maximum Gasteiger partial charge on any atom is 0.407 e. The van der Waals surface area contributed by atoms with Crippen LogP contribution in [0, 0.1) is 0 Å². The fourth-order valence-electron chi connectivity index (χ4n) is 6.43. The fraction of sp³-hybridized carbons (Fsp3) is 0.444. The summed E-state index contributed by atoms with van der Waals surface area (Å²) in [6.07, 6.45) is 1.33. The standard InChI is InChI=1S/C36H43N3O9Si/c1-9-16-49(7,8)32-29-25(36(10-2,33(43)46-32)47-28(41)12-11-15-37-34(44)48-35(4,5)6)19-27-30-23(20-39(27)31(29)42)17-22-18-24(45-21(3)40)13-14-26(22)38-30/h9,13-14,17-19,32H,1,10-12,15-16,20H2,2-8H3,(H,37,44). The van der Waals surface area contributed by atoms with Gasteiger partial charge in [0.05, 0.1) is 29.0 Å². The van der Waals surface area contributed by atoms with Gasteiger partial charge in [0.25, 0.3) is 5.56 Å². The molecule has 2 atom stereocenters. The maximum atomic E-state index is 14.6. The maximum absolute atomic E-state index is 14.6. The number of hydrogen-bond acceptors (Lipinski definition) is 10. The second-order valence-electron chi connectivity index (χ2n) is 14.1. The molecule has 1 amide bonds. The molecule has 4 heterocycles. The molecule has 0 bridgehead atoms. The summed E-state index contributed by atoms with van der Waals surface area (Å²) in [7, 11) is -2.49. The third-order valence-electron chi connectivity index (χ3n) is 8.68. The lowest BCUT2D eigenvalue weighted by molar-refractivity contribution is -0.190. The van der Waals surface area contributed by atoms with Crippen molar-refractivity contribution in [3.05, 3.63) is 70.0 Å². The predicted molar refractivity (Wildman–Crippen MR) is 185 cm³/mol. The van der Waals surface area contributed by atoms with Gasteiger partial charge < -0.3 is 28.8 Å². The molecular weight excluding hydrogens is 646 g/mol. The molecule has 2 aliphatic heterocycles. The van der Waals surface area contributed by atoms with E-state index in [1.807, 2.05) is 19.2 Å². The van der Waals surface area contributed by atoms with Crippen LogP contribution >= 0.6 is 0 Å². The highest BCUT2D eigenvalue weighted by atomic mass is 28.3. The molecule has 49 heavy (non-hydrogen) atoms. The second kappa shape index (κ2) is 13.3. The van der Waals surface area contributed by atoms with Crippen LogP contribution < -0.4 is 15.6 Å². The van der Waals surface area contributed by atoms with E-state index in [2.05, 4.69) is 11.9 Å². The van der Waals surface area contributed by atoms with Crippen molar-refractivity contribution in [3.8, 4) is 17.1 Å². The van der Waals surface area contributed by atoms with E-state index < -0.39 is 49.0 Å². The Morgan fingerprint density at radius 2 is 1.92 bits per heavy atom. The third kappa shape index (κ3) is 7.03. The summed E-state index contributed by atoms with van der Waals surface area (Å²) in [5.41, 5.74) is -0.615. The Labute approximate surface area is 285 Å². The summed E-state index contributed by atoms with van der Waals surface area (Å²) in [5, 5.41) is 3.35. The van der Waals surface area contributed by atoms with Crippen molar-refractivity contribution < 1.29 is 38.1 Å².